The quantitative estimate of drug-likeness (QED) is 0.475. The second kappa shape index (κ2) is 5.66. The van der Waals surface area contributed by atoms with Crippen LogP contribution >= 0.6 is 11.8 Å². The zero-order valence-electron chi connectivity index (χ0n) is 11.2. The van der Waals surface area contributed by atoms with E-state index in [9.17, 15) is 24.6 Å². The summed E-state index contributed by atoms with van der Waals surface area (Å²) in [6.45, 7) is 1.49. The number of carbonyl (C=O) groups is 3. The van der Waals surface area contributed by atoms with Crippen LogP contribution in [-0.4, -0.2) is 55.6 Å². The molecule has 1 saturated heterocycles. The van der Waals surface area contributed by atoms with Gasteiger partial charge in [-0.2, -0.15) is 0 Å². The zero-order valence-corrected chi connectivity index (χ0v) is 12.0. The summed E-state index contributed by atoms with van der Waals surface area (Å²) in [5, 5.41) is 27.1. The highest BCUT2D eigenvalue weighted by Crippen LogP contribution is 2.51. The Kier molecular flexibility index (Phi) is 4.26. The molecule has 2 aliphatic heterocycles. The lowest BCUT2D eigenvalue weighted by Crippen LogP contribution is -2.60. The number of allylic oxidation sites excluding steroid dienone is 1. The van der Waals surface area contributed by atoms with E-state index in [0.717, 1.165) is 4.90 Å². The van der Waals surface area contributed by atoms with Crippen LogP contribution in [0.1, 0.15) is 19.8 Å². The first-order chi connectivity index (χ1) is 9.75. The molecular weight excluding hydrogens is 300 g/mol. The lowest BCUT2D eigenvalue weighted by Gasteiger charge is -2.43. The monoisotopic (exact) mass is 316 g/mol. The van der Waals surface area contributed by atoms with Gasteiger partial charge in [0.25, 0.3) is 0 Å². The molecule has 0 saturated carbocycles. The molecule has 4 atom stereocenters. The van der Waals surface area contributed by atoms with Gasteiger partial charge in [-0.25, -0.2) is 4.79 Å². The number of hydrogen-bond donors (Lipinski definition) is 4. The number of nitrogens with zero attached hydrogens (tertiary/aromatic N) is 1. The Labute approximate surface area is 124 Å². The van der Waals surface area contributed by atoms with E-state index in [1.165, 1.54) is 18.7 Å². The lowest BCUT2D eigenvalue weighted by atomic mass is 9.92. The van der Waals surface area contributed by atoms with Crippen molar-refractivity contribution in [2.45, 2.75) is 37.3 Å². The highest BCUT2D eigenvalue weighted by molar-refractivity contribution is 8.04. The normalized spacial score (nSPS) is 27.2. The van der Waals surface area contributed by atoms with Gasteiger partial charge in [0.1, 0.15) is 17.1 Å². The fourth-order valence-electron chi connectivity index (χ4n) is 2.44. The molecule has 0 aromatic rings. The molecule has 2 heterocycles. The Bertz CT molecular complexity index is 532. The summed E-state index contributed by atoms with van der Waals surface area (Å²) in [4.78, 5) is 35.5. The van der Waals surface area contributed by atoms with Crippen LogP contribution in [0.25, 0.3) is 0 Å². The minimum Gasteiger partial charge on any atom is -0.480 e. The van der Waals surface area contributed by atoms with Gasteiger partial charge in [0.05, 0.1) is 12.0 Å². The average molecular weight is 316 g/mol. The summed E-state index contributed by atoms with van der Waals surface area (Å²) in [6.07, 6.45) is -0.600. The maximum atomic E-state index is 11.9. The number of aliphatic hydroxyl groups is 1. The predicted octanol–water partition coefficient (Wildman–Crippen LogP) is -0.613. The van der Waals surface area contributed by atoms with E-state index in [2.05, 4.69) is 0 Å². The zero-order chi connectivity index (χ0) is 15.9. The van der Waals surface area contributed by atoms with Gasteiger partial charge in [0.15, 0.2) is 0 Å². The van der Waals surface area contributed by atoms with Crippen LogP contribution in [0, 0.1) is 5.92 Å². The van der Waals surface area contributed by atoms with Crippen molar-refractivity contribution < 1.29 is 29.7 Å². The molecular formula is C12H16N2O6S. The highest BCUT2D eigenvalue weighted by Gasteiger charge is 2.57. The van der Waals surface area contributed by atoms with E-state index < -0.39 is 41.3 Å². The molecule has 0 unspecified atom stereocenters. The highest BCUT2D eigenvalue weighted by atomic mass is 32.2. The summed E-state index contributed by atoms with van der Waals surface area (Å²) in [5.41, 5.74) is 5.28. The first-order valence-corrected chi connectivity index (χ1v) is 7.26. The van der Waals surface area contributed by atoms with E-state index in [0.29, 0.717) is 4.91 Å². The van der Waals surface area contributed by atoms with Crippen molar-refractivity contribution in [2.24, 2.45) is 11.7 Å². The van der Waals surface area contributed by atoms with Gasteiger partial charge >= 0.3 is 11.9 Å². The Hall–Kier alpha value is -1.58. The van der Waals surface area contributed by atoms with Crippen LogP contribution < -0.4 is 5.73 Å². The Morgan fingerprint density at radius 3 is 2.52 bits per heavy atom. The van der Waals surface area contributed by atoms with Crippen molar-refractivity contribution in [1.82, 2.24) is 4.90 Å². The molecule has 2 aliphatic rings. The Balaban J connectivity index is 2.15. The number of nitrogens with two attached hydrogens (primary N) is 1. The first-order valence-electron chi connectivity index (χ1n) is 6.38. The van der Waals surface area contributed by atoms with Crippen molar-refractivity contribution in [2.75, 3.05) is 0 Å². The maximum Gasteiger partial charge on any atom is 0.353 e. The number of carboxylic acid groups (broad SMARTS) is 2. The standard InChI is InChI=1S/C12H16N2O6S/c1-4(15)7-9(16)14-8(12(19)20)6(21-10(7)14)3-2-5(13)11(17)18/h4-5,7,10,15H,2-3,13H2,1H3,(H,17,18)(H,19,20)/t4-,5+,7+,10-/m1/s1. The number of amides is 1. The predicted molar refractivity (Wildman–Crippen MR) is 72.9 cm³/mol. The number of fused-ring (bicyclic) bond motifs is 1. The molecule has 0 aliphatic carbocycles. The summed E-state index contributed by atoms with van der Waals surface area (Å²) < 4.78 is 0. The van der Waals surface area contributed by atoms with Crippen LogP contribution in [0.15, 0.2) is 10.6 Å². The van der Waals surface area contributed by atoms with Gasteiger partial charge in [-0.05, 0) is 19.8 Å². The number of carboxylic acids is 2. The first kappa shape index (κ1) is 15.8. The lowest BCUT2D eigenvalue weighted by molar-refractivity contribution is -0.156. The van der Waals surface area contributed by atoms with E-state index >= 15 is 0 Å². The fraction of sp³-hybridized carbons (Fsp3) is 0.583. The number of rotatable bonds is 6. The fourth-order valence-corrected chi connectivity index (χ4v) is 4.07. The van der Waals surface area contributed by atoms with Crippen LogP contribution in [0.5, 0.6) is 0 Å². The minimum absolute atomic E-state index is 0.0859. The number of carbonyl (C=O) groups excluding carboxylic acids is 1. The van der Waals surface area contributed by atoms with Crippen LogP contribution in [-0.2, 0) is 14.4 Å². The average Bonchev–Trinajstić information content (AvgIpc) is 2.69. The van der Waals surface area contributed by atoms with Crippen molar-refractivity contribution in [1.29, 1.82) is 0 Å². The molecule has 0 bridgehead atoms. The summed E-state index contributed by atoms with van der Waals surface area (Å²) >= 11 is 1.19. The van der Waals surface area contributed by atoms with Gasteiger partial charge in [-0.1, -0.05) is 0 Å². The summed E-state index contributed by atoms with van der Waals surface area (Å²) in [7, 11) is 0. The molecule has 5 N–H and O–H groups in total. The molecule has 8 nitrogen and oxygen atoms in total. The topological polar surface area (TPSA) is 141 Å². The Morgan fingerprint density at radius 2 is 2.05 bits per heavy atom. The smallest absolute Gasteiger partial charge is 0.353 e. The Morgan fingerprint density at radius 1 is 1.43 bits per heavy atom. The van der Waals surface area contributed by atoms with Crippen molar-refractivity contribution in [3.63, 3.8) is 0 Å². The van der Waals surface area contributed by atoms with Gasteiger partial charge in [0.2, 0.25) is 5.91 Å². The molecule has 0 aromatic carbocycles. The van der Waals surface area contributed by atoms with Crippen molar-refractivity contribution >= 4 is 29.6 Å². The second-order valence-electron chi connectivity index (χ2n) is 5.04. The van der Waals surface area contributed by atoms with E-state index in [-0.39, 0.29) is 18.5 Å². The van der Waals surface area contributed by atoms with E-state index in [1.807, 2.05) is 0 Å². The van der Waals surface area contributed by atoms with Crippen LogP contribution in [0.3, 0.4) is 0 Å². The van der Waals surface area contributed by atoms with E-state index in [4.69, 9.17) is 10.8 Å². The van der Waals surface area contributed by atoms with Gasteiger partial charge in [0, 0.05) is 4.91 Å². The summed E-state index contributed by atoms with van der Waals surface area (Å²) in [5.74, 6) is -3.44. The van der Waals surface area contributed by atoms with Gasteiger partial charge in [-0.15, -0.1) is 11.8 Å². The number of aliphatic carboxylic acids is 2. The number of hydrogen-bond acceptors (Lipinski definition) is 6. The SMILES string of the molecule is C[C@@H](O)[C@H]1C(=O)N2C(C(=O)O)=C(CC[C@H](N)C(=O)O)S[C@H]12. The molecule has 2 rings (SSSR count). The number of β-lactam (4-membered cyclic amide) rings is 1. The molecule has 9 heteroatoms. The van der Waals surface area contributed by atoms with E-state index in [1.54, 1.807) is 0 Å². The maximum absolute atomic E-state index is 11.9. The minimum atomic E-state index is -1.23. The molecule has 21 heavy (non-hydrogen) atoms. The largest absolute Gasteiger partial charge is 0.480 e. The van der Waals surface area contributed by atoms with Crippen LogP contribution in [0.2, 0.25) is 0 Å². The van der Waals surface area contributed by atoms with Gasteiger partial charge < -0.3 is 21.1 Å². The van der Waals surface area contributed by atoms with Crippen molar-refractivity contribution in [3.05, 3.63) is 10.6 Å². The molecule has 0 spiro atoms. The molecule has 1 fully saturated rings. The number of thioether (sulfide) groups is 1. The van der Waals surface area contributed by atoms with Gasteiger partial charge in [-0.3, -0.25) is 14.5 Å². The third-order valence-corrected chi connectivity index (χ3v) is 5.00. The summed E-state index contributed by atoms with van der Waals surface area (Å²) in [6, 6.07) is -1.08. The molecule has 1 amide bonds. The second-order valence-corrected chi connectivity index (χ2v) is 6.25. The number of aliphatic hydroxyl groups excluding tert-OH is 1. The molecule has 0 aromatic heterocycles. The molecule has 0 radical (unpaired) electrons. The molecule has 116 valence electrons. The third-order valence-electron chi connectivity index (χ3n) is 3.57. The third kappa shape index (κ3) is 2.63. The van der Waals surface area contributed by atoms with Crippen LogP contribution in [0.4, 0.5) is 0 Å². The van der Waals surface area contributed by atoms with Crippen molar-refractivity contribution in [3.8, 4) is 0 Å².